The van der Waals surface area contributed by atoms with E-state index in [1.165, 1.54) is 10.6 Å². The van der Waals surface area contributed by atoms with Crippen LogP contribution in [0.15, 0.2) is 60.7 Å². The molecular formula is C15H15N4P. The summed E-state index contributed by atoms with van der Waals surface area (Å²) in [5.74, 6) is 0.851. The van der Waals surface area contributed by atoms with Crippen LogP contribution in [-0.4, -0.2) is 26.8 Å². The lowest BCUT2D eigenvalue weighted by molar-refractivity contribution is 0.881. The number of hydrogen-bond donors (Lipinski definition) is 1. The van der Waals surface area contributed by atoms with Crippen LogP contribution in [0.4, 0.5) is 0 Å². The van der Waals surface area contributed by atoms with E-state index in [0.29, 0.717) is 0 Å². The highest BCUT2D eigenvalue weighted by Gasteiger charge is 2.14. The smallest absolute Gasteiger partial charge is 0.148 e. The van der Waals surface area contributed by atoms with Gasteiger partial charge in [-0.3, -0.25) is 0 Å². The van der Waals surface area contributed by atoms with Gasteiger partial charge in [0.05, 0.1) is 0 Å². The molecule has 100 valence electrons. The Morgan fingerprint density at radius 2 is 1.45 bits per heavy atom. The Labute approximate surface area is 119 Å². The molecule has 0 fully saturated rings. The maximum absolute atomic E-state index is 3.97. The number of hydrogen-bond acceptors (Lipinski definition) is 3. The molecule has 0 atom stereocenters. The molecule has 3 aromatic rings. The monoisotopic (exact) mass is 282 g/mol. The minimum atomic E-state index is -0.371. The van der Waals surface area contributed by atoms with Crippen LogP contribution < -0.4 is 10.6 Å². The average Bonchev–Trinajstić information content (AvgIpc) is 3.03. The van der Waals surface area contributed by atoms with Crippen LogP contribution in [0.2, 0.25) is 0 Å². The average molecular weight is 282 g/mol. The third-order valence-electron chi connectivity index (χ3n) is 3.10. The van der Waals surface area contributed by atoms with Crippen LogP contribution >= 0.6 is 7.92 Å². The van der Waals surface area contributed by atoms with Crippen LogP contribution in [0.3, 0.4) is 0 Å². The normalized spacial score (nSPS) is 10.8. The fourth-order valence-electron chi connectivity index (χ4n) is 2.13. The van der Waals surface area contributed by atoms with Gasteiger partial charge in [0.1, 0.15) is 5.82 Å². The second-order valence-corrected chi connectivity index (χ2v) is 6.76. The van der Waals surface area contributed by atoms with E-state index in [4.69, 9.17) is 0 Å². The van der Waals surface area contributed by atoms with Crippen molar-refractivity contribution in [2.45, 2.75) is 6.42 Å². The van der Waals surface area contributed by atoms with Crippen molar-refractivity contribution >= 4 is 18.5 Å². The molecule has 1 N–H and O–H groups in total. The zero-order valence-electron chi connectivity index (χ0n) is 11.0. The maximum Gasteiger partial charge on any atom is 0.148 e. The van der Waals surface area contributed by atoms with Gasteiger partial charge in [-0.15, -0.1) is 5.10 Å². The van der Waals surface area contributed by atoms with Gasteiger partial charge in [0.15, 0.2) is 0 Å². The molecule has 20 heavy (non-hydrogen) atoms. The van der Waals surface area contributed by atoms with Crippen molar-refractivity contribution in [3.05, 3.63) is 66.5 Å². The van der Waals surface area contributed by atoms with Gasteiger partial charge in [-0.2, -0.15) is 0 Å². The molecular weight excluding hydrogens is 267 g/mol. The molecule has 1 heterocycles. The van der Waals surface area contributed by atoms with Crippen molar-refractivity contribution in [2.24, 2.45) is 0 Å². The Morgan fingerprint density at radius 1 is 0.850 bits per heavy atom. The predicted molar refractivity (Wildman–Crippen MR) is 81.8 cm³/mol. The van der Waals surface area contributed by atoms with Crippen molar-refractivity contribution in [2.75, 3.05) is 6.16 Å². The van der Waals surface area contributed by atoms with Crippen molar-refractivity contribution in [3.63, 3.8) is 0 Å². The summed E-state index contributed by atoms with van der Waals surface area (Å²) in [6, 6.07) is 21.3. The number of nitrogens with zero attached hydrogens (tertiary/aromatic N) is 3. The van der Waals surface area contributed by atoms with Gasteiger partial charge in [0, 0.05) is 6.42 Å². The zero-order valence-corrected chi connectivity index (χ0v) is 11.9. The summed E-state index contributed by atoms with van der Waals surface area (Å²) < 4.78 is 0. The number of H-pyrrole nitrogens is 1. The Hall–Kier alpha value is -2.06. The van der Waals surface area contributed by atoms with E-state index in [1.54, 1.807) is 0 Å². The minimum Gasteiger partial charge on any atom is -0.243 e. The first kappa shape index (κ1) is 12.9. The highest BCUT2D eigenvalue weighted by Crippen LogP contribution is 2.33. The van der Waals surface area contributed by atoms with Gasteiger partial charge >= 0.3 is 0 Å². The molecule has 0 aliphatic rings. The van der Waals surface area contributed by atoms with Gasteiger partial charge in [0.25, 0.3) is 0 Å². The first-order valence-corrected chi connectivity index (χ1v) is 8.06. The first-order chi connectivity index (χ1) is 9.93. The van der Waals surface area contributed by atoms with E-state index in [0.717, 1.165) is 18.4 Å². The number of tetrazole rings is 1. The molecule has 0 bridgehead atoms. The SMILES string of the molecule is c1ccc(P(CCc2nnn[nH]2)c2ccccc2)cc1. The summed E-state index contributed by atoms with van der Waals surface area (Å²) in [7, 11) is -0.371. The lowest BCUT2D eigenvalue weighted by atomic mass is 10.4. The second kappa shape index (κ2) is 6.40. The standard InChI is InChI=1S/C15H15N4P/c1-3-7-13(8-4-1)20(14-9-5-2-6-10-14)12-11-15-16-18-19-17-15/h1-10H,11-12H2,(H,16,17,18,19). The Kier molecular flexibility index (Phi) is 4.14. The molecule has 0 spiro atoms. The van der Waals surface area contributed by atoms with E-state index < -0.39 is 0 Å². The number of nitrogens with one attached hydrogen (secondary N) is 1. The molecule has 2 aromatic carbocycles. The highest BCUT2D eigenvalue weighted by molar-refractivity contribution is 7.73. The van der Waals surface area contributed by atoms with Crippen LogP contribution in [0, 0.1) is 0 Å². The minimum absolute atomic E-state index is 0.371. The largest absolute Gasteiger partial charge is 0.243 e. The lowest BCUT2D eigenvalue weighted by Crippen LogP contribution is -2.15. The summed E-state index contributed by atoms with van der Waals surface area (Å²) in [6.07, 6.45) is 1.91. The number of aryl methyl sites for hydroxylation is 1. The Bertz CT molecular complexity index is 586. The van der Waals surface area contributed by atoms with Crippen LogP contribution in [0.1, 0.15) is 5.82 Å². The summed E-state index contributed by atoms with van der Waals surface area (Å²) >= 11 is 0. The second-order valence-electron chi connectivity index (χ2n) is 4.42. The molecule has 0 aliphatic carbocycles. The highest BCUT2D eigenvalue weighted by atomic mass is 31.1. The zero-order chi connectivity index (χ0) is 13.6. The number of aromatic nitrogens is 4. The summed E-state index contributed by atoms with van der Waals surface area (Å²) in [5.41, 5.74) is 0. The number of rotatable bonds is 5. The molecule has 5 heteroatoms. The maximum atomic E-state index is 3.97. The Balaban J connectivity index is 1.84. The van der Waals surface area contributed by atoms with Gasteiger partial charge in [-0.1, -0.05) is 60.7 Å². The van der Waals surface area contributed by atoms with Gasteiger partial charge in [-0.25, -0.2) is 5.10 Å². The molecule has 0 unspecified atom stereocenters. The van der Waals surface area contributed by atoms with E-state index >= 15 is 0 Å². The molecule has 0 radical (unpaired) electrons. The van der Waals surface area contributed by atoms with Crippen LogP contribution in [0.25, 0.3) is 0 Å². The molecule has 3 rings (SSSR count). The fourth-order valence-corrected chi connectivity index (χ4v) is 4.44. The third-order valence-corrected chi connectivity index (χ3v) is 5.61. The topological polar surface area (TPSA) is 54.5 Å². The molecule has 1 aromatic heterocycles. The molecule has 4 nitrogen and oxygen atoms in total. The molecule has 0 saturated heterocycles. The third kappa shape index (κ3) is 3.09. The number of aromatic amines is 1. The summed E-state index contributed by atoms with van der Waals surface area (Å²) in [6.45, 7) is 0. The van der Waals surface area contributed by atoms with Crippen LogP contribution in [-0.2, 0) is 6.42 Å². The number of benzene rings is 2. The Morgan fingerprint density at radius 3 is 1.95 bits per heavy atom. The van der Waals surface area contributed by atoms with E-state index in [1.807, 2.05) is 0 Å². The van der Waals surface area contributed by atoms with Crippen molar-refractivity contribution in [1.29, 1.82) is 0 Å². The summed E-state index contributed by atoms with van der Waals surface area (Å²) in [5, 5.41) is 16.8. The predicted octanol–water partition coefficient (Wildman–Crippen LogP) is 1.88. The van der Waals surface area contributed by atoms with Crippen molar-refractivity contribution in [1.82, 2.24) is 20.6 Å². The van der Waals surface area contributed by atoms with E-state index in [-0.39, 0.29) is 7.92 Å². The molecule has 0 aliphatic heterocycles. The van der Waals surface area contributed by atoms with Crippen molar-refractivity contribution in [3.8, 4) is 0 Å². The lowest BCUT2D eigenvalue weighted by Gasteiger charge is -2.17. The van der Waals surface area contributed by atoms with E-state index in [2.05, 4.69) is 81.3 Å². The molecule has 0 amide bonds. The van der Waals surface area contributed by atoms with Gasteiger partial charge in [0.2, 0.25) is 0 Å². The van der Waals surface area contributed by atoms with E-state index in [9.17, 15) is 0 Å². The molecule has 0 saturated carbocycles. The fraction of sp³-hybridized carbons (Fsp3) is 0.133. The quantitative estimate of drug-likeness (QED) is 0.727. The van der Waals surface area contributed by atoms with Gasteiger partial charge < -0.3 is 0 Å². The first-order valence-electron chi connectivity index (χ1n) is 6.54. The summed E-state index contributed by atoms with van der Waals surface area (Å²) in [4.78, 5) is 0. The van der Waals surface area contributed by atoms with Crippen molar-refractivity contribution < 1.29 is 0 Å². The van der Waals surface area contributed by atoms with Gasteiger partial charge in [-0.05, 0) is 35.1 Å². The van der Waals surface area contributed by atoms with Crippen LogP contribution in [0.5, 0.6) is 0 Å².